The van der Waals surface area contributed by atoms with Crippen molar-refractivity contribution in [2.45, 2.75) is 50.2 Å². The van der Waals surface area contributed by atoms with Gasteiger partial charge in [-0.3, -0.25) is 9.98 Å². The maximum Gasteiger partial charge on any atom is 0.155 e. The van der Waals surface area contributed by atoms with Crippen molar-refractivity contribution in [1.82, 2.24) is 20.3 Å². The molecule has 2 aliphatic rings. The van der Waals surface area contributed by atoms with Crippen molar-refractivity contribution >= 4 is 28.6 Å². The summed E-state index contributed by atoms with van der Waals surface area (Å²) in [5, 5.41) is 6.30. The van der Waals surface area contributed by atoms with Crippen molar-refractivity contribution in [3.05, 3.63) is 30.4 Å². The van der Waals surface area contributed by atoms with E-state index in [9.17, 15) is 0 Å². The average Bonchev–Trinajstić information content (AvgIpc) is 3.27. The highest BCUT2D eigenvalue weighted by Gasteiger charge is 2.31. The molecule has 8 heteroatoms. The molecule has 1 saturated heterocycles. The van der Waals surface area contributed by atoms with Gasteiger partial charge in [0, 0.05) is 43.0 Å². The molecule has 2 aromatic heterocycles. The van der Waals surface area contributed by atoms with Gasteiger partial charge in [-0.05, 0) is 38.3 Å². The number of fused-ring (bicyclic) bond motifs is 1. The molecule has 1 aliphatic heterocycles. The second-order valence-corrected chi connectivity index (χ2v) is 7.90. The zero-order valence-corrected chi connectivity index (χ0v) is 16.6. The second-order valence-electron chi connectivity index (χ2n) is 7.90. The molecule has 2 aromatic rings. The van der Waals surface area contributed by atoms with Crippen LogP contribution in [0.4, 0.5) is 10.2 Å². The van der Waals surface area contributed by atoms with E-state index in [4.69, 9.17) is 10.7 Å². The number of piperidine rings is 1. The third-order valence-corrected chi connectivity index (χ3v) is 5.67. The lowest BCUT2D eigenvalue weighted by molar-refractivity contribution is 0.137. The summed E-state index contributed by atoms with van der Waals surface area (Å²) in [5.74, 6) is 0.516. The molecule has 0 bridgehead atoms. The minimum Gasteiger partial charge on any atom is -0.404 e. The fourth-order valence-corrected chi connectivity index (χ4v) is 4.00. The maximum absolute atomic E-state index is 15.0. The van der Waals surface area contributed by atoms with Crippen LogP contribution in [-0.4, -0.2) is 52.5 Å². The number of alkyl halides is 1. The van der Waals surface area contributed by atoms with E-state index in [1.54, 1.807) is 18.6 Å². The predicted octanol–water partition coefficient (Wildman–Crippen LogP) is 2.84. The maximum atomic E-state index is 15.0. The highest BCUT2D eigenvalue weighted by atomic mass is 19.1. The number of pyridine rings is 1. The Balaban J connectivity index is 1.61. The summed E-state index contributed by atoms with van der Waals surface area (Å²) in [6, 6.07) is 2.20. The molecule has 29 heavy (non-hydrogen) atoms. The van der Waals surface area contributed by atoms with E-state index in [0.717, 1.165) is 31.4 Å². The summed E-state index contributed by atoms with van der Waals surface area (Å²) in [7, 11) is 0. The normalized spacial score (nSPS) is 23.8. The summed E-state index contributed by atoms with van der Waals surface area (Å²) >= 11 is 0. The van der Waals surface area contributed by atoms with Crippen molar-refractivity contribution in [1.29, 1.82) is 0 Å². The largest absolute Gasteiger partial charge is 0.404 e. The molecule has 1 atom stereocenters. The van der Waals surface area contributed by atoms with Gasteiger partial charge in [0.2, 0.25) is 0 Å². The van der Waals surface area contributed by atoms with Gasteiger partial charge in [0.1, 0.15) is 11.2 Å². The number of hydrogen-bond donors (Lipinski definition) is 3. The van der Waals surface area contributed by atoms with E-state index in [0.29, 0.717) is 41.6 Å². The lowest BCUT2D eigenvalue weighted by Crippen LogP contribution is -2.46. The zero-order valence-electron chi connectivity index (χ0n) is 16.6. The zero-order chi connectivity index (χ0) is 20.1. The molecule has 1 aliphatic carbocycles. The van der Waals surface area contributed by atoms with Crippen LogP contribution in [0.3, 0.4) is 0 Å². The highest BCUT2D eigenvalue weighted by Crippen LogP contribution is 2.26. The molecule has 154 valence electrons. The van der Waals surface area contributed by atoms with Gasteiger partial charge in [0.05, 0.1) is 17.8 Å². The quantitative estimate of drug-likeness (QED) is 0.648. The number of rotatable bonds is 6. The number of aliphatic imine (C=N–C) groups is 1. The summed E-state index contributed by atoms with van der Waals surface area (Å²) in [6.45, 7) is 1.37. The van der Waals surface area contributed by atoms with E-state index in [-0.39, 0.29) is 6.54 Å². The fraction of sp³-hybridized carbons (Fsp3) is 0.524. The first-order valence-electron chi connectivity index (χ1n) is 10.4. The van der Waals surface area contributed by atoms with Crippen LogP contribution in [0.5, 0.6) is 0 Å². The minimum absolute atomic E-state index is 0.167. The molecule has 1 saturated carbocycles. The van der Waals surface area contributed by atoms with Gasteiger partial charge in [-0.15, -0.1) is 0 Å². The molecule has 0 aromatic carbocycles. The Kier molecular flexibility index (Phi) is 5.99. The van der Waals surface area contributed by atoms with Crippen molar-refractivity contribution < 1.29 is 4.39 Å². The van der Waals surface area contributed by atoms with E-state index < -0.39 is 5.67 Å². The molecular weight excluding hydrogens is 369 g/mol. The van der Waals surface area contributed by atoms with Gasteiger partial charge in [0.25, 0.3) is 0 Å². The molecule has 0 amide bonds. The lowest BCUT2D eigenvalue weighted by Gasteiger charge is -2.30. The van der Waals surface area contributed by atoms with Gasteiger partial charge in [-0.1, -0.05) is 12.8 Å². The number of hydrogen-bond acceptors (Lipinski definition) is 7. The van der Waals surface area contributed by atoms with Crippen LogP contribution >= 0.6 is 0 Å². The number of aromatic nitrogens is 3. The van der Waals surface area contributed by atoms with E-state index >= 15 is 4.39 Å². The lowest BCUT2D eigenvalue weighted by atomic mass is 9.96. The summed E-state index contributed by atoms with van der Waals surface area (Å²) in [6.07, 6.45) is 12.6. The predicted molar refractivity (Wildman–Crippen MR) is 115 cm³/mol. The van der Waals surface area contributed by atoms with Crippen LogP contribution in [0.15, 0.2) is 29.7 Å². The molecule has 3 heterocycles. The van der Waals surface area contributed by atoms with Crippen LogP contribution in [0, 0.1) is 0 Å². The molecular formula is C21H28FN7. The monoisotopic (exact) mass is 397 g/mol. The molecule has 4 rings (SSSR count). The van der Waals surface area contributed by atoms with Crippen LogP contribution in [-0.2, 0) is 0 Å². The topological polar surface area (TPSA) is 101 Å². The van der Waals surface area contributed by atoms with Crippen molar-refractivity contribution in [3.8, 4) is 0 Å². The average molecular weight is 398 g/mol. The smallest absolute Gasteiger partial charge is 0.155 e. The second kappa shape index (κ2) is 8.82. The van der Waals surface area contributed by atoms with E-state index in [2.05, 4.69) is 25.6 Å². The number of halogens is 1. The number of anilines is 1. The van der Waals surface area contributed by atoms with Gasteiger partial charge >= 0.3 is 0 Å². The van der Waals surface area contributed by atoms with Crippen molar-refractivity contribution in [2.24, 2.45) is 10.7 Å². The Bertz CT molecular complexity index is 899. The van der Waals surface area contributed by atoms with Gasteiger partial charge in [-0.25, -0.2) is 14.4 Å². The Morgan fingerprint density at radius 3 is 2.90 bits per heavy atom. The Morgan fingerprint density at radius 1 is 1.31 bits per heavy atom. The summed E-state index contributed by atoms with van der Waals surface area (Å²) < 4.78 is 15.0. The van der Waals surface area contributed by atoms with Gasteiger partial charge in [0.15, 0.2) is 5.82 Å². The number of nitrogens with zero attached hydrogens (tertiary/aromatic N) is 4. The first-order valence-corrected chi connectivity index (χ1v) is 10.4. The standard InChI is InChI=1S/C21H28FN7/c22-21(6-3-7-24-13-21)14-28-20-19-18(25-8-9-26-19)10-17(29-20)15(11-23)12-27-16-4-1-2-5-16/h8-12,16,24H,1-7,13-14,23H2,(H,28,29). The fourth-order valence-electron chi connectivity index (χ4n) is 4.00. The minimum atomic E-state index is -1.30. The highest BCUT2D eigenvalue weighted by molar-refractivity contribution is 6.10. The van der Waals surface area contributed by atoms with Crippen LogP contribution in [0.25, 0.3) is 16.6 Å². The Morgan fingerprint density at radius 2 is 2.14 bits per heavy atom. The summed E-state index contributed by atoms with van der Waals surface area (Å²) in [4.78, 5) is 18.2. The van der Waals surface area contributed by atoms with E-state index in [1.165, 1.54) is 19.0 Å². The molecule has 0 spiro atoms. The SMILES string of the molecule is NC=C(C=NC1CCCC1)c1cc2nccnc2c(NCC2(F)CCCNC2)n1. The van der Waals surface area contributed by atoms with Gasteiger partial charge in [-0.2, -0.15) is 0 Å². The van der Waals surface area contributed by atoms with Gasteiger partial charge < -0.3 is 16.4 Å². The molecule has 7 nitrogen and oxygen atoms in total. The third kappa shape index (κ3) is 4.70. The van der Waals surface area contributed by atoms with Crippen LogP contribution in [0.1, 0.15) is 44.2 Å². The Hall–Kier alpha value is -2.61. The number of nitrogens with one attached hydrogen (secondary N) is 2. The van der Waals surface area contributed by atoms with Crippen molar-refractivity contribution in [2.75, 3.05) is 25.0 Å². The number of nitrogens with two attached hydrogens (primary N) is 1. The molecule has 2 fully saturated rings. The molecule has 1 unspecified atom stereocenters. The molecule has 4 N–H and O–H groups in total. The summed E-state index contributed by atoms with van der Waals surface area (Å²) in [5.41, 5.74) is 7.25. The first-order chi connectivity index (χ1) is 14.2. The van der Waals surface area contributed by atoms with Crippen LogP contribution in [0.2, 0.25) is 0 Å². The Labute approximate surface area is 170 Å². The van der Waals surface area contributed by atoms with E-state index in [1.807, 2.05) is 6.07 Å². The third-order valence-electron chi connectivity index (χ3n) is 5.67. The van der Waals surface area contributed by atoms with Crippen molar-refractivity contribution in [3.63, 3.8) is 0 Å². The van der Waals surface area contributed by atoms with Crippen LogP contribution < -0.4 is 16.4 Å². The molecule has 0 radical (unpaired) electrons. The first kappa shape index (κ1) is 19.7. The number of allylic oxidation sites excluding steroid dienone is 1.